The van der Waals surface area contributed by atoms with E-state index in [0.29, 0.717) is 26.1 Å². The second-order valence-electron chi connectivity index (χ2n) is 10.9. The molecule has 38 heavy (non-hydrogen) atoms. The minimum atomic E-state index is -1.21. The summed E-state index contributed by atoms with van der Waals surface area (Å²) in [6.45, 7) is 7.06. The van der Waals surface area contributed by atoms with Crippen molar-refractivity contribution in [3.63, 3.8) is 0 Å². The number of benzene rings is 1. The van der Waals surface area contributed by atoms with Gasteiger partial charge in [-0.3, -0.25) is 24.0 Å². The van der Waals surface area contributed by atoms with Crippen molar-refractivity contribution >= 4 is 47.1 Å². The summed E-state index contributed by atoms with van der Waals surface area (Å²) in [6.07, 6.45) is 3.87. The summed E-state index contributed by atoms with van der Waals surface area (Å²) in [7, 11) is 0. The largest absolute Gasteiger partial charge is 0.356 e. The number of hydrogen-bond donors (Lipinski definition) is 3. The zero-order valence-electron chi connectivity index (χ0n) is 21.8. The van der Waals surface area contributed by atoms with Crippen LogP contribution in [0.25, 0.3) is 6.08 Å². The van der Waals surface area contributed by atoms with Crippen LogP contribution in [0.1, 0.15) is 52.0 Å². The van der Waals surface area contributed by atoms with Crippen LogP contribution in [0.5, 0.6) is 0 Å². The minimum Gasteiger partial charge on any atom is -0.356 e. The zero-order valence-corrected chi connectivity index (χ0v) is 22.6. The van der Waals surface area contributed by atoms with Crippen molar-refractivity contribution in [2.24, 2.45) is 11.3 Å². The van der Waals surface area contributed by atoms with Gasteiger partial charge in [-0.05, 0) is 49.3 Å². The Morgan fingerprint density at radius 1 is 1.18 bits per heavy atom. The Balaban J connectivity index is 1.75. The predicted molar refractivity (Wildman–Crippen MR) is 140 cm³/mol. The van der Waals surface area contributed by atoms with Gasteiger partial charge in [0.25, 0.3) is 5.91 Å². The van der Waals surface area contributed by atoms with Crippen molar-refractivity contribution in [3.05, 3.63) is 40.7 Å². The van der Waals surface area contributed by atoms with Gasteiger partial charge >= 0.3 is 0 Å². The summed E-state index contributed by atoms with van der Waals surface area (Å²) in [5.74, 6) is -4.10. The maximum absolute atomic E-state index is 14.1. The van der Waals surface area contributed by atoms with Crippen molar-refractivity contribution in [2.75, 3.05) is 19.6 Å². The van der Waals surface area contributed by atoms with Gasteiger partial charge in [-0.1, -0.05) is 38.4 Å². The Kier molecular flexibility index (Phi) is 9.65. The highest BCUT2D eigenvalue weighted by Crippen LogP contribution is 2.23. The Morgan fingerprint density at radius 2 is 1.89 bits per heavy atom. The van der Waals surface area contributed by atoms with Crippen LogP contribution in [0.4, 0.5) is 4.39 Å². The van der Waals surface area contributed by atoms with Crippen LogP contribution >= 0.6 is 11.6 Å². The predicted octanol–water partition coefficient (Wildman–Crippen LogP) is 2.23. The molecule has 0 aromatic heterocycles. The zero-order chi connectivity index (χ0) is 28.0. The van der Waals surface area contributed by atoms with Crippen molar-refractivity contribution < 1.29 is 28.4 Å². The quantitative estimate of drug-likeness (QED) is 0.305. The molecule has 206 valence electrons. The summed E-state index contributed by atoms with van der Waals surface area (Å²) in [6, 6.07) is 1.78. The van der Waals surface area contributed by atoms with E-state index in [1.807, 2.05) is 20.8 Å². The minimum absolute atomic E-state index is 0.0120. The molecule has 0 spiro atoms. The van der Waals surface area contributed by atoms with E-state index in [4.69, 9.17) is 11.6 Å². The van der Waals surface area contributed by atoms with Gasteiger partial charge in [-0.15, -0.1) is 0 Å². The lowest BCUT2D eigenvalue weighted by molar-refractivity contribution is -0.149. The molecule has 0 saturated carbocycles. The topological polar surface area (TPSA) is 125 Å². The van der Waals surface area contributed by atoms with E-state index in [1.54, 1.807) is 0 Å². The molecule has 2 heterocycles. The lowest BCUT2D eigenvalue weighted by Gasteiger charge is -2.32. The van der Waals surface area contributed by atoms with Gasteiger partial charge < -0.3 is 20.9 Å². The number of rotatable bonds is 10. The van der Waals surface area contributed by atoms with Gasteiger partial charge in [0.05, 0.1) is 6.04 Å². The molecule has 0 aliphatic carbocycles. The van der Waals surface area contributed by atoms with Crippen molar-refractivity contribution in [1.29, 1.82) is 0 Å². The summed E-state index contributed by atoms with van der Waals surface area (Å²) >= 11 is 5.76. The first kappa shape index (κ1) is 29.3. The van der Waals surface area contributed by atoms with Gasteiger partial charge in [0.1, 0.15) is 11.9 Å². The van der Waals surface area contributed by atoms with E-state index in [1.165, 1.54) is 23.1 Å². The number of likely N-dealkylation sites (tertiary alicyclic amines) is 1. The molecular formula is C27H34ClFN4O5. The van der Waals surface area contributed by atoms with E-state index in [2.05, 4.69) is 16.0 Å². The first-order valence-electron chi connectivity index (χ1n) is 12.7. The summed E-state index contributed by atoms with van der Waals surface area (Å²) in [5, 5.41) is 8.18. The number of hydrogen-bond acceptors (Lipinski definition) is 5. The molecular weight excluding hydrogens is 515 g/mol. The Morgan fingerprint density at radius 3 is 2.45 bits per heavy atom. The van der Waals surface area contributed by atoms with E-state index in [0.717, 1.165) is 18.6 Å². The monoisotopic (exact) mass is 548 g/mol. The number of halogens is 2. The maximum Gasteiger partial charge on any atom is 0.292 e. The van der Waals surface area contributed by atoms with Crippen molar-refractivity contribution in [1.82, 2.24) is 20.9 Å². The van der Waals surface area contributed by atoms with Crippen molar-refractivity contribution in [2.45, 2.75) is 58.5 Å². The number of nitrogens with one attached hydrogen (secondary N) is 3. The highest BCUT2D eigenvalue weighted by molar-refractivity contribution is 6.38. The van der Waals surface area contributed by atoms with Crippen LogP contribution < -0.4 is 16.0 Å². The smallest absolute Gasteiger partial charge is 0.292 e. The highest BCUT2D eigenvalue weighted by Gasteiger charge is 2.38. The van der Waals surface area contributed by atoms with Crippen LogP contribution in [0, 0.1) is 17.2 Å². The Bertz CT molecular complexity index is 1130. The van der Waals surface area contributed by atoms with Gasteiger partial charge in [-0.2, -0.15) is 0 Å². The first-order chi connectivity index (χ1) is 17.8. The van der Waals surface area contributed by atoms with Gasteiger partial charge in [0.2, 0.25) is 23.5 Å². The summed E-state index contributed by atoms with van der Waals surface area (Å²) < 4.78 is 14.1. The molecule has 11 heteroatoms. The standard InChI is InChI=1S/C27H34ClFN4O5/c1-27(2,3)15-21(31-22(34)8-6-16-5-7-18(28)14-19(16)29)25(37)32-20(13-17-9-10-30-24(17)36)23(35)26(38)33-11-4-12-33/h5-8,14,17,20-21H,4,9-13,15H2,1-3H3,(H,30,36)(H,31,34)(H,32,37)/b8-6+/t17-,20?,21-/m0/s1. The number of carbonyl (C=O) groups excluding carboxylic acids is 5. The molecule has 2 saturated heterocycles. The van der Waals surface area contributed by atoms with Crippen molar-refractivity contribution in [3.8, 4) is 0 Å². The fourth-order valence-electron chi connectivity index (χ4n) is 4.33. The van der Waals surface area contributed by atoms with E-state index in [-0.39, 0.29) is 34.7 Å². The van der Waals surface area contributed by atoms with Crippen LogP contribution in [-0.2, 0) is 24.0 Å². The molecule has 2 fully saturated rings. The normalized spacial score (nSPS) is 18.9. The third-order valence-corrected chi connectivity index (χ3v) is 6.73. The average molecular weight is 549 g/mol. The summed E-state index contributed by atoms with van der Waals surface area (Å²) in [4.78, 5) is 65.3. The van der Waals surface area contributed by atoms with E-state index >= 15 is 0 Å². The fraction of sp³-hybridized carbons (Fsp3) is 0.519. The van der Waals surface area contributed by atoms with Crippen LogP contribution in [-0.4, -0.2) is 66.0 Å². The number of amides is 4. The maximum atomic E-state index is 14.1. The molecule has 3 atom stereocenters. The molecule has 2 aliphatic rings. The fourth-order valence-corrected chi connectivity index (χ4v) is 4.48. The molecule has 1 aromatic rings. The molecule has 0 bridgehead atoms. The molecule has 3 rings (SSSR count). The van der Waals surface area contributed by atoms with Crippen LogP contribution in [0.3, 0.4) is 0 Å². The SMILES string of the molecule is CC(C)(C)C[C@H](NC(=O)/C=C/c1ccc(Cl)cc1F)C(=O)NC(C[C@@H]1CCNC1=O)C(=O)C(=O)N1CCC1. The highest BCUT2D eigenvalue weighted by atomic mass is 35.5. The summed E-state index contributed by atoms with van der Waals surface area (Å²) in [5.41, 5.74) is -0.245. The van der Waals surface area contributed by atoms with Gasteiger partial charge in [0.15, 0.2) is 0 Å². The van der Waals surface area contributed by atoms with Gasteiger partial charge in [-0.25, -0.2) is 4.39 Å². The number of ketones is 1. The van der Waals surface area contributed by atoms with Crippen LogP contribution in [0.15, 0.2) is 24.3 Å². The second kappa shape index (κ2) is 12.5. The lowest BCUT2D eigenvalue weighted by Crippen LogP contribution is -2.56. The molecule has 9 nitrogen and oxygen atoms in total. The number of nitrogens with zero attached hydrogens (tertiary/aromatic N) is 1. The third kappa shape index (κ3) is 8.11. The van der Waals surface area contributed by atoms with E-state index < -0.39 is 47.3 Å². The van der Waals surface area contributed by atoms with Gasteiger partial charge in [0, 0.05) is 42.2 Å². The molecule has 1 aromatic carbocycles. The average Bonchev–Trinajstić information content (AvgIpc) is 3.19. The lowest BCUT2D eigenvalue weighted by atomic mass is 9.87. The molecule has 1 unspecified atom stereocenters. The van der Waals surface area contributed by atoms with E-state index in [9.17, 15) is 28.4 Å². The molecule has 0 radical (unpaired) electrons. The van der Waals surface area contributed by atoms with Crippen LogP contribution in [0.2, 0.25) is 5.02 Å². The molecule has 2 aliphatic heterocycles. The number of Topliss-reactive ketones (excluding diaryl/α,β-unsaturated/α-hetero) is 1. The third-order valence-electron chi connectivity index (χ3n) is 6.50. The molecule has 3 N–H and O–H groups in total. The second-order valence-corrected chi connectivity index (χ2v) is 11.3. The Hall–Kier alpha value is -3.27. The Labute approximate surface area is 226 Å². The molecule has 4 amide bonds. The first-order valence-corrected chi connectivity index (χ1v) is 13.1. The number of carbonyl (C=O) groups is 5.